The van der Waals surface area contributed by atoms with E-state index in [1.54, 1.807) is 0 Å². The van der Waals surface area contributed by atoms with Crippen molar-refractivity contribution in [2.45, 2.75) is 13.0 Å². The van der Waals surface area contributed by atoms with Crippen LogP contribution in [0.25, 0.3) is 0 Å². The van der Waals surface area contributed by atoms with Gasteiger partial charge in [0.25, 0.3) is 0 Å². The van der Waals surface area contributed by atoms with E-state index in [0.29, 0.717) is 0 Å². The molecule has 0 radical (unpaired) electrons. The first-order chi connectivity index (χ1) is 6.16. The Morgan fingerprint density at radius 1 is 1.21 bits per heavy atom. The van der Waals surface area contributed by atoms with Gasteiger partial charge in [0.05, 0.1) is 18.1 Å². The molecule has 0 fully saturated rings. The van der Waals surface area contributed by atoms with Gasteiger partial charge in [0.2, 0.25) is 10.0 Å². The Bertz CT molecular complexity index is 358. The molecule has 86 valence electrons. The Morgan fingerprint density at radius 2 is 1.71 bits per heavy atom. The number of hydrogen-bond acceptors (Lipinski definition) is 5. The van der Waals surface area contributed by atoms with Gasteiger partial charge in [-0.3, -0.25) is 0 Å². The summed E-state index contributed by atoms with van der Waals surface area (Å²) in [6.45, 7) is 1.16. The van der Waals surface area contributed by atoms with Crippen LogP contribution >= 0.6 is 0 Å². The average molecular weight is 245 g/mol. The number of rotatable bonds is 6. The van der Waals surface area contributed by atoms with Gasteiger partial charge in [0, 0.05) is 12.3 Å². The highest BCUT2D eigenvalue weighted by molar-refractivity contribution is 7.93. The zero-order valence-electron chi connectivity index (χ0n) is 8.10. The summed E-state index contributed by atoms with van der Waals surface area (Å²) < 4.78 is 45.8. The van der Waals surface area contributed by atoms with Crippen LogP contribution in [0.4, 0.5) is 0 Å². The van der Waals surface area contributed by atoms with E-state index in [1.165, 1.54) is 6.92 Å². The first-order valence-electron chi connectivity index (χ1n) is 3.95. The Hall–Kier alpha value is -0.180. The van der Waals surface area contributed by atoms with Crippen molar-refractivity contribution >= 4 is 19.9 Å². The molecule has 8 heteroatoms. The molecule has 0 aromatic rings. The fourth-order valence-electron chi connectivity index (χ4n) is 0.664. The van der Waals surface area contributed by atoms with Crippen molar-refractivity contribution in [2.75, 3.05) is 24.4 Å². The quantitative estimate of drug-likeness (QED) is 0.583. The van der Waals surface area contributed by atoms with Crippen LogP contribution in [0.5, 0.6) is 0 Å². The highest BCUT2D eigenvalue weighted by Crippen LogP contribution is 1.92. The minimum absolute atomic E-state index is 0.321. The maximum absolute atomic E-state index is 11.2. The summed E-state index contributed by atoms with van der Waals surface area (Å²) in [4.78, 5) is 0. The van der Waals surface area contributed by atoms with Crippen LogP contribution in [0.15, 0.2) is 0 Å². The molecule has 1 unspecified atom stereocenters. The van der Waals surface area contributed by atoms with Gasteiger partial charge in [-0.15, -0.1) is 0 Å². The fraction of sp³-hybridized carbons (Fsp3) is 1.00. The molecular formula is C6H15NO5S2. The number of hydrogen-bond donors (Lipinski definition) is 2. The van der Waals surface area contributed by atoms with Crippen molar-refractivity contribution in [2.24, 2.45) is 0 Å². The fourth-order valence-corrected chi connectivity index (χ4v) is 3.56. The molecular weight excluding hydrogens is 230 g/mol. The molecule has 0 spiro atoms. The van der Waals surface area contributed by atoms with Crippen LogP contribution in [0, 0.1) is 0 Å². The minimum atomic E-state index is -3.62. The Kier molecular flexibility index (Phi) is 4.99. The van der Waals surface area contributed by atoms with Gasteiger partial charge in [-0.2, -0.15) is 0 Å². The van der Waals surface area contributed by atoms with Gasteiger partial charge >= 0.3 is 0 Å². The third-order valence-electron chi connectivity index (χ3n) is 1.38. The standard InChI is InChI=1S/C6H15NO5S2/c1-6(5-8)7-14(11,12)4-3-13(2,9)10/h6-8H,3-5H2,1-2H3. The predicted octanol–water partition coefficient (Wildman–Crippen LogP) is -1.67. The molecule has 2 N–H and O–H groups in total. The summed E-state index contributed by atoms with van der Waals surface area (Å²) in [5.41, 5.74) is 0. The van der Waals surface area contributed by atoms with Crippen LogP contribution in [-0.4, -0.2) is 52.4 Å². The van der Waals surface area contributed by atoms with Gasteiger partial charge in [0.1, 0.15) is 9.84 Å². The summed E-state index contributed by atoms with van der Waals surface area (Å²) >= 11 is 0. The molecule has 0 saturated heterocycles. The maximum atomic E-state index is 11.2. The van der Waals surface area contributed by atoms with Gasteiger partial charge in [-0.1, -0.05) is 0 Å². The van der Waals surface area contributed by atoms with Gasteiger partial charge in [-0.25, -0.2) is 21.6 Å². The van der Waals surface area contributed by atoms with Crippen molar-refractivity contribution in [1.82, 2.24) is 4.72 Å². The lowest BCUT2D eigenvalue weighted by Crippen LogP contribution is -2.38. The topological polar surface area (TPSA) is 101 Å². The zero-order valence-corrected chi connectivity index (χ0v) is 9.73. The van der Waals surface area contributed by atoms with Crippen LogP contribution in [0.3, 0.4) is 0 Å². The molecule has 0 rings (SSSR count). The lowest BCUT2D eigenvalue weighted by molar-refractivity contribution is 0.265. The number of nitrogens with one attached hydrogen (secondary N) is 1. The highest BCUT2D eigenvalue weighted by atomic mass is 32.2. The maximum Gasteiger partial charge on any atom is 0.212 e. The normalized spacial score (nSPS) is 15.4. The summed E-state index contributed by atoms with van der Waals surface area (Å²) in [5.74, 6) is -0.892. The monoisotopic (exact) mass is 245 g/mol. The van der Waals surface area contributed by atoms with Crippen molar-refractivity contribution in [1.29, 1.82) is 0 Å². The molecule has 0 aromatic carbocycles. The lowest BCUT2D eigenvalue weighted by Gasteiger charge is -2.10. The van der Waals surface area contributed by atoms with Crippen molar-refractivity contribution < 1.29 is 21.9 Å². The molecule has 0 aromatic heterocycles. The third kappa shape index (κ3) is 7.25. The average Bonchev–Trinajstić information content (AvgIpc) is 1.99. The number of sulfonamides is 1. The zero-order chi connectivity index (χ0) is 11.4. The van der Waals surface area contributed by atoms with E-state index in [9.17, 15) is 16.8 Å². The van der Waals surface area contributed by atoms with E-state index >= 15 is 0 Å². The minimum Gasteiger partial charge on any atom is -0.395 e. The van der Waals surface area contributed by atoms with Crippen molar-refractivity contribution in [3.8, 4) is 0 Å². The molecule has 0 saturated carbocycles. The second-order valence-electron chi connectivity index (χ2n) is 3.15. The van der Waals surface area contributed by atoms with Gasteiger partial charge in [-0.05, 0) is 6.92 Å². The first-order valence-corrected chi connectivity index (χ1v) is 7.66. The number of sulfone groups is 1. The van der Waals surface area contributed by atoms with Crippen molar-refractivity contribution in [3.63, 3.8) is 0 Å². The van der Waals surface area contributed by atoms with E-state index in [0.717, 1.165) is 6.26 Å². The van der Waals surface area contributed by atoms with Crippen LogP contribution in [-0.2, 0) is 19.9 Å². The predicted molar refractivity (Wildman–Crippen MR) is 53.2 cm³/mol. The lowest BCUT2D eigenvalue weighted by atomic mass is 10.4. The van der Waals surface area contributed by atoms with Crippen LogP contribution < -0.4 is 4.72 Å². The Labute approximate surface area is 84.3 Å². The summed E-state index contributed by atoms with van der Waals surface area (Å²) in [5, 5.41) is 8.58. The molecule has 14 heavy (non-hydrogen) atoms. The molecule has 0 aliphatic carbocycles. The Morgan fingerprint density at radius 3 is 2.07 bits per heavy atom. The first kappa shape index (κ1) is 13.8. The van der Waals surface area contributed by atoms with Crippen LogP contribution in [0.1, 0.15) is 6.92 Å². The van der Waals surface area contributed by atoms with E-state index in [4.69, 9.17) is 5.11 Å². The van der Waals surface area contributed by atoms with E-state index in [1.807, 2.05) is 0 Å². The summed E-state index contributed by atoms with van der Waals surface area (Å²) in [6.07, 6.45) is 0.970. The van der Waals surface area contributed by atoms with E-state index < -0.39 is 37.4 Å². The number of aliphatic hydroxyl groups is 1. The molecule has 0 bridgehead atoms. The third-order valence-corrected chi connectivity index (χ3v) is 4.08. The molecule has 6 nitrogen and oxygen atoms in total. The smallest absolute Gasteiger partial charge is 0.212 e. The van der Waals surface area contributed by atoms with Crippen LogP contribution in [0.2, 0.25) is 0 Å². The Balaban J connectivity index is 4.24. The van der Waals surface area contributed by atoms with Gasteiger partial charge < -0.3 is 5.11 Å². The van der Waals surface area contributed by atoms with Crippen molar-refractivity contribution in [3.05, 3.63) is 0 Å². The van der Waals surface area contributed by atoms with E-state index in [2.05, 4.69) is 4.72 Å². The molecule has 0 aliphatic rings. The summed E-state index contributed by atoms with van der Waals surface area (Å²) in [7, 11) is -6.90. The highest BCUT2D eigenvalue weighted by Gasteiger charge is 2.16. The SMILES string of the molecule is CC(CO)NS(=O)(=O)CCS(C)(=O)=O. The van der Waals surface area contributed by atoms with E-state index in [-0.39, 0.29) is 6.61 Å². The molecule has 0 heterocycles. The number of aliphatic hydroxyl groups excluding tert-OH is 1. The van der Waals surface area contributed by atoms with Gasteiger partial charge in [0.15, 0.2) is 0 Å². The molecule has 1 atom stereocenters. The molecule has 0 amide bonds. The second-order valence-corrected chi connectivity index (χ2v) is 7.28. The summed E-state index contributed by atoms with van der Waals surface area (Å²) in [6, 6.07) is -0.598. The largest absolute Gasteiger partial charge is 0.395 e. The second kappa shape index (κ2) is 5.06. The molecule has 0 aliphatic heterocycles.